The summed E-state index contributed by atoms with van der Waals surface area (Å²) >= 11 is 0. The Bertz CT molecular complexity index is 468. The Morgan fingerprint density at radius 3 is 2.71 bits per heavy atom. The molecule has 3 N–H and O–H groups in total. The van der Waals surface area contributed by atoms with Gasteiger partial charge in [0.25, 0.3) is 0 Å². The van der Waals surface area contributed by atoms with E-state index in [1.165, 1.54) is 18.2 Å². The van der Waals surface area contributed by atoms with Crippen molar-refractivity contribution in [2.75, 3.05) is 13.1 Å². The van der Waals surface area contributed by atoms with Crippen LogP contribution in [0.15, 0.2) is 24.3 Å². The number of nitrogens with one attached hydrogen (secondary N) is 1. The van der Waals surface area contributed by atoms with Crippen LogP contribution in [0.2, 0.25) is 0 Å². The number of alkyl halides is 3. The Morgan fingerprint density at radius 2 is 2.10 bits per heavy atom. The highest BCUT2D eigenvalue weighted by atomic mass is 19.4. The molecule has 0 atom stereocenters. The number of ether oxygens (including phenoxy) is 1. The third-order valence-electron chi connectivity index (χ3n) is 2.41. The van der Waals surface area contributed by atoms with Crippen molar-refractivity contribution in [3.63, 3.8) is 0 Å². The summed E-state index contributed by atoms with van der Waals surface area (Å²) in [7, 11) is 0. The van der Waals surface area contributed by atoms with Gasteiger partial charge >= 0.3 is 12.5 Å². The lowest BCUT2D eigenvalue weighted by Crippen LogP contribution is -2.28. The minimum atomic E-state index is -4.73. The molecule has 1 aromatic rings. The van der Waals surface area contributed by atoms with Crippen molar-refractivity contribution in [2.24, 2.45) is 0 Å². The molecule has 0 aliphatic rings. The fourth-order valence-corrected chi connectivity index (χ4v) is 1.53. The minimum Gasteiger partial charge on any atom is -0.463 e. The standard InChI is InChI=1S/C12H15F3N2O4/c13-12(14,15)21-10-4-1-3-9(7-10)8-16-5-2-6-17(20)11(18)19/h1,3-4,7,16,20H,2,5-6,8H2,(H,18,19). The molecule has 0 aliphatic carbocycles. The highest BCUT2D eigenvalue weighted by Gasteiger charge is 2.31. The second kappa shape index (κ2) is 7.70. The fraction of sp³-hybridized carbons (Fsp3) is 0.417. The number of amides is 1. The normalized spacial score (nSPS) is 11.2. The van der Waals surface area contributed by atoms with Gasteiger partial charge in [-0.25, -0.2) is 4.79 Å². The molecular formula is C12H15F3N2O4. The van der Waals surface area contributed by atoms with E-state index in [2.05, 4.69) is 10.1 Å². The van der Waals surface area contributed by atoms with E-state index >= 15 is 0 Å². The maximum atomic E-state index is 12.1. The van der Waals surface area contributed by atoms with Gasteiger partial charge in [0, 0.05) is 6.54 Å². The van der Waals surface area contributed by atoms with Gasteiger partial charge in [-0.1, -0.05) is 12.1 Å². The molecular weight excluding hydrogens is 293 g/mol. The minimum absolute atomic E-state index is 0.0560. The van der Waals surface area contributed by atoms with Gasteiger partial charge in [0.2, 0.25) is 0 Å². The zero-order valence-corrected chi connectivity index (χ0v) is 10.9. The molecule has 0 heterocycles. The number of carbonyl (C=O) groups is 1. The van der Waals surface area contributed by atoms with Crippen LogP contribution in [0.25, 0.3) is 0 Å². The van der Waals surface area contributed by atoms with Crippen molar-refractivity contribution >= 4 is 6.09 Å². The smallest absolute Gasteiger partial charge is 0.463 e. The molecule has 0 bridgehead atoms. The zero-order valence-electron chi connectivity index (χ0n) is 10.9. The van der Waals surface area contributed by atoms with Gasteiger partial charge in [0.15, 0.2) is 0 Å². The van der Waals surface area contributed by atoms with Crippen molar-refractivity contribution in [1.82, 2.24) is 10.4 Å². The predicted molar refractivity (Wildman–Crippen MR) is 66.0 cm³/mol. The van der Waals surface area contributed by atoms with E-state index in [1.807, 2.05) is 0 Å². The first-order valence-corrected chi connectivity index (χ1v) is 6.02. The molecule has 0 saturated carbocycles. The third-order valence-corrected chi connectivity index (χ3v) is 2.41. The molecule has 1 rings (SSSR count). The van der Waals surface area contributed by atoms with Crippen LogP contribution in [-0.2, 0) is 6.54 Å². The lowest BCUT2D eigenvalue weighted by molar-refractivity contribution is -0.274. The molecule has 0 saturated heterocycles. The lowest BCUT2D eigenvalue weighted by atomic mass is 10.2. The molecule has 0 fully saturated rings. The number of hydrogen-bond acceptors (Lipinski definition) is 4. The van der Waals surface area contributed by atoms with Crippen LogP contribution in [0, 0.1) is 0 Å². The predicted octanol–water partition coefficient (Wildman–Crippen LogP) is 2.43. The summed E-state index contributed by atoms with van der Waals surface area (Å²) in [6, 6.07) is 5.54. The first kappa shape index (κ1) is 17.1. The van der Waals surface area contributed by atoms with Crippen molar-refractivity contribution in [3.8, 4) is 5.75 Å². The molecule has 9 heteroatoms. The number of benzene rings is 1. The zero-order chi connectivity index (χ0) is 15.9. The lowest BCUT2D eigenvalue weighted by Gasteiger charge is -2.12. The molecule has 0 aliphatic heterocycles. The summed E-state index contributed by atoms with van der Waals surface area (Å²) in [5.74, 6) is -0.297. The SMILES string of the molecule is O=C(O)N(O)CCCNCc1cccc(OC(F)(F)F)c1. The Hall–Kier alpha value is -2.00. The monoisotopic (exact) mass is 308 g/mol. The van der Waals surface area contributed by atoms with E-state index in [-0.39, 0.29) is 17.4 Å². The average Bonchev–Trinajstić information content (AvgIpc) is 2.36. The average molecular weight is 308 g/mol. The molecule has 118 valence electrons. The number of hydroxylamine groups is 2. The van der Waals surface area contributed by atoms with Crippen LogP contribution in [0.1, 0.15) is 12.0 Å². The van der Waals surface area contributed by atoms with Gasteiger partial charge in [-0.05, 0) is 30.7 Å². The Labute approximate surface area is 118 Å². The topological polar surface area (TPSA) is 82.0 Å². The quantitative estimate of drug-likeness (QED) is 0.409. The van der Waals surface area contributed by atoms with E-state index in [1.54, 1.807) is 6.07 Å². The molecule has 0 radical (unpaired) electrons. The van der Waals surface area contributed by atoms with Gasteiger partial charge in [-0.15, -0.1) is 13.2 Å². The fourth-order valence-electron chi connectivity index (χ4n) is 1.53. The summed E-state index contributed by atoms with van der Waals surface area (Å²) in [6.45, 7) is 0.641. The van der Waals surface area contributed by atoms with Gasteiger partial charge in [-0.3, -0.25) is 5.21 Å². The second-order valence-electron chi connectivity index (χ2n) is 4.13. The molecule has 0 unspecified atom stereocenters. The van der Waals surface area contributed by atoms with Crippen LogP contribution in [-0.4, -0.2) is 40.9 Å². The molecule has 0 aromatic heterocycles. The highest BCUT2D eigenvalue weighted by molar-refractivity contribution is 5.63. The summed E-state index contributed by atoms with van der Waals surface area (Å²) in [4.78, 5) is 10.3. The van der Waals surface area contributed by atoms with Crippen molar-refractivity contribution in [2.45, 2.75) is 19.3 Å². The highest BCUT2D eigenvalue weighted by Crippen LogP contribution is 2.23. The van der Waals surface area contributed by atoms with Gasteiger partial charge in [-0.2, -0.15) is 5.06 Å². The number of rotatable bonds is 7. The molecule has 1 amide bonds. The van der Waals surface area contributed by atoms with Gasteiger partial charge in [0.05, 0.1) is 6.54 Å². The van der Waals surface area contributed by atoms with Crippen LogP contribution in [0.5, 0.6) is 5.75 Å². The maximum absolute atomic E-state index is 12.1. The molecule has 1 aromatic carbocycles. The number of nitrogens with zero attached hydrogens (tertiary/aromatic N) is 1. The van der Waals surface area contributed by atoms with E-state index in [0.717, 1.165) is 0 Å². The van der Waals surface area contributed by atoms with Crippen LogP contribution >= 0.6 is 0 Å². The number of carboxylic acid groups (broad SMARTS) is 1. The van der Waals surface area contributed by atoms with Gasteiger partial charge in [0.1, 0.15) is 5.75 Å². The molecule has 21 heavy (non-hydrogen) atoms. The van der Waals surface area contributed by atoms with E-state index < -0.39 is 12.5 Å². The third kappa shape index (κ3) is 7.37. The van der Waals surface area contributed by atoms with Crippen LogP contribution < -0.4 is 10.1 Å². The van der Waals surface area contributed by atoms with Crippen molar-refractivity contribution < 1.29 is 33.0 Å². The van der Waals surface area contributed by atoms with E-state index in [0.29, 0.717) is 25.1 Å². The van der Waals surface area contributed by atoms with Crippen LogP contribution in [0.3, 0.4) is 0 Å². The summed E-state index contributed by atoms with van der Waals surface area (Å²) in [5.41, 5.74) is 0.593. The van der Waals surface area contributed by atoms with Crippen LogP contribution in [0.4, 0.5) is 18.0 Å². The maximum Gasteiger partial charge on any atom is 0.573 e. The van der Waals surface area contributed by atoms with Crippen molar-refractivity contribution in [1.29, 1.82) is 0 Å². The van der Waals surface area contributed by atoms with E-state index in [4.69, 9.17) is 10.3 Å². The number of halogens is 3. The Kier molecular flexibility index (Phi) is 6.25. The summed E-state index contributed by atoms with van der Waals surface area (Å²) in [5, 5.41) is 20.3. The summed E-state index contributed by atoms with van der Waals surface area (Å²) < 4.78 is 40.0. The molecule has 6 nitrogen and oxygen atoms in total. The first-order chi connectivity index (χ1) is 9.78. The van der Waals surface area contributed by atoms with Gasteiger partial charge < -0.3 is 15.2 Å². The number of hydrogen-bond donors (Lipinski definition) is 3. The first-order valence-electron chi connectivity index (χ1n) is 6.02. The Balaban J connectivity index is 2.32. The Morgan fingerprint density at radius 1 is 1.38 bits per heavy atom. The van der Waals surface area contributed by atoms with Crippen molar-refractivity contribution in [3.05, 3.63) is 29.8 Å². The molecule has 0 spiro atoms. The van der Waals surface area contributed by atoms with E-state index in [9.17, 15) is 18.0 Å². The second-order valence-corrected chi connectivity index (χ2v) is 4.13. The summed E-state index contributed by atoms with van der Waals surface area (Å²) in [6.07, 6.45) is -5.80. The largest absolute Gasteiger partial charge is 0.573 e.